The van der Waals surface area contributed by atoms with Gasteiger partial charge in [0.15, 0.2) is 11.2 Å². The van der Waals surface area contributed by atoms with Gasteiger partial charge in [0.05, 0.1) is 12.6 Å². The smallest absolute Gasteiger partial charge is 0.287 e. The molecule has 0 radical (unpaired) electrons. The summed E-state index contributed by atoms with van der Waals surface area (Å²) >= 11 is 0. The third kappa shape index (κ3) is 5.06. The standard InChI is InChI=1S/C39H47N2O/c1-23-28-17-24(19-37(2,3)4)15-16-26(28)30(21-39(8,9)10)36-32(23)35-33-31(42-36)18-29-25(20-38(5,6)7)13-12-14-27(29)34(33)40-22-41(35)11/h12-18,22H,19-21H2,1-11H3/q+1. The number of benzene rings is 4. The van der Waals surface area contributed by atoms with Gasteiger partial charge in [-0.1, -0.05) is 92.6 Å². The first-order valence-corrected chi connectivity index (χ1v) is 15.5. The highest BCUT2D eigenvalue weighted by atomic mass is 16.5. The first kappa shape index (κ1) is 28.6. The molecule has 3 nitrogen and oxygen atoms in total. The molecule has 1 aliphatic rings. The van der Waals surface area contributed by atoms with Crippen molar-refractivity contribution >= 4 is 32.4 Å². The van der Waals surface area contributed by atoms with Crippen molar-refractivity contribution in [1.29, 1.82) is 0 Å². The van der Waals surface area contributed by atoms with Gasteiger partial charge in [-0.3, -0.25) is 0 Å². The lowest BCUT2D eigenvalue weighted by Crippen LogP contribution is -2.33. The van der Waals surface area contributed by atoms with Crippen LogP contribution in [0.1, 0.15) is 84.6 Å². The normalized spacial score (nSPS) is 13.6. The van der Waals surface area contributed by atoms with Gasteiger partial charge < -0.3 is 4.74 Å². The zero-order chi connectivity index (χ0) is 30.4. The average molecular weight is 560 g/mol. The molecule has 2 heterocycles. The molecule has 0 amide bonds. The van der Waals surface area contributed by atoms with Gasteiger partial charge in [-0.05, 0) is 92.4 Å². The highest BCUT2D eigenvalue weighted by Crippen LogP contribution is 2.53. The second-order valence-corrected chi connectivity index (χ2v) is 16.3. The molecule has 4 aromatic carbocycles. The molecular formula is C39H47N2O+. The third-order valence-corrected chi connectivity index (χ3v) is 8.46. The molecule has 0 saturated heterocycles. The number of hydrogen-bond acceptors (Lipinski definition) is 2. The summed E-state index contributed by atoms with van der Waals surface area (Å²) < 4.78 is 9.33. The molecule has 1 aromatic heterocycles. The van der Waals surface area contributed by atoms with Crippen LogP contribution in [0, 0.1) is 23.2 Å². The molecule has 0 unspecified atom stereocenters. The second-order valence-electron chi connectivity index (χ2n) is 16.3. The minimum absolute atomic E-state index is 0.0999. The molecule has 6 rings (SSSR count). The monoisotopic (exact) mass is 559 g/mol. The topological polar surface area (TPSA) is 26.0 Å². The molecule has 218 valence electrons. The average Bonchev–Trinajstić information content (AvgIpc) is 2.85. The zero-order valence-corrected chi connectivity index (χ0v) is 27.5. The van der Waals surface area contributed by atoms with E-state index in [0.29, 0.717) is 0 Å². The number of hydrogen-bond donors (Lipinski definition) is 0. The largest absolute Gasteiger partial charge is 0.455 e. The minimum atomic E-state index is 0.0999. The molecule has 0 N–H and O–H groups in total. The summed E-state index contributed by atoms with van der Waals surface area (Å²) in [6, 6.07) is 16.1. The minimum Gasteiger partial charge on any atom is -0.455 e. The summed E-state index contributed by atoms with van der Waals surface area (Å²) in [5.41, 5.74) is 9.26. The Labute approximate surface area is 251 Å². The van der Waals surface area contributed by atoms with E-state index in [1.54, 1.807) is 0 Å². The molecule has 0 saturated carbocycles. The number of rotatable bonds is 3. The summed E-state index contributed by atoms with van der Waals surface area (Å²) in [6.07, 6.45) is 4.97. The van der Waals surface area contributed by atoms with E-state index in [9.17, 15) is 0 Å². The summed E-state index contributed by atoms with van der Waals surface area (Å²) in [5.74, 6) is 1.94. The zero-order valence-electron chi connectivity index (χ0n) is 27.5. The van der Waals surface area contributed by atoms with Crippen LogP contribution >= 0.6 is 0 Å². The first-order chi connectivity index (χ1) is 19.5. The van der Waals surface area contributed by atoms with Crippen LogP contribution in [0.4, 0.5) is 0 Å². The molecule has 0 atom stereocenters. The maximum atomic E-state index is 7.12. The van der Waals surface area contributed by atoms with E-state index in [2.05, 4.69) is 123 Å². The van der Waals surface area contributed by atoms with Crippen molar-refractivity contribution in [3.8, 4) is 22.8 Å². The van der Waals surface area contributed by atoms with Crippen molar-refractivity contribution in [2.45, 2.75) is 88.5 Å². The van der Waals surface area contributed by atoms with Gasteiger partial charge in [-0.25, -0.2) is 4.57 Å². The summed E-state index contributed by atoms with van der Waals surface area (Å²) in [4.78, 5) is 5.03. The number of fused-ring (bicyclic) bond motifs is 5. The van der Waals surface area contributed by atoms with E-state index in [4.69, 9.17) is 9.72 Å². The third-order valence-electron chi connectivity index (χ3n) is 8.46. The van der Waals surface area contributed by atoms with Crippen molar-refractivity contribution in [3.05, 3.63) is 71.0 Å². The van der Waals surface area contributed by atoms with Gasteiger partial charge in [-0.2, -0.15) is 0 Å². The number of aryl methyl sites for hydroxylation is 2. The molecule has 0 spiro atoms. The fraction of sp³-hybridized carbons (Fsp3) is 0.436. The SMILES string of the molecule is Cc1c2c(c(CC(C)(C)C)c3ccc(CC(C)(C)C)cc13)Oc1cc3c(CC(C)(C)C)cccc3c3nc[n+](C)c-2c13. The van der Waals surface area contributed by atoms with E-state index < -0.39 is 0 Å². The second kappa shape index (κ2) is 9.53. The van der Waals surface area contributed by atoms with Crippen LogP contribution < -0.4 is 9.30 Å². The summed E-state index contributed by atoms with van der Waals surface area (Å²) in [5, 5.41) is 6.20. The van der Waals surface area contributed by atoms with Gasteiger partial charge in [0.1, 0.15) is 16.9 Å². The van der Waals surface area contributed by atoms with Crippen LogP contribution in [0.5, 0.6) is 11.5 Å². The van der Waals surface area contributed by atoms with E-state index in [0.717, 1.165) is 41.7 Å². The van der Waals surface area contributed by atoms with E-state index in [1.807, 2.05) is 6.33 Å². The Balaban J connectivity index is 1.72. The van der Waals surface area contributed by atoms with E-state index in [1.165, 1.54) is 55.1 Å². The van der Waals surface area contributed by atoms with Crippen LogP contribution in [0.25, 0.3) is 43.7 Å². The van der Waals surface area contributed by atoms with E-state index >= 15 is 0 Å². The predicted molar refractivity (Wildman–Crippen MR) is 178 cm³/mol. The molecule has 42 heavy (non-hydrogen) atoms. The molecule has 0 aliphatic carbocycles. The van der Waals surface area contributed by atoms with Crippen LogP contribution in [-0.4, -0.2) is 4.98 Å². The van der Waals surface area contributed by atoms with Gasteiger partial charge in [0.25, 0.3) is 6.33 Å². The van der Waals surface area contributed by atoms with Crippen molar-refractivity contribution in [2.75, 3.05) is 0 Å². The van der Waals surface area contributed by atoms with Crippen LogP contribution in [0.3, 0.4) is 0 Å². The molecule has 5 aromatic rings. The first-order valence-electron chi connectivity index (χ1n) is 15.5. The van der Waals surface area contributed by atoms with Crippen LogP contribution in [0.2, 0.25) is 0 Å². The number of nitrogens with zero attached hydrogens (tertiary/aromatic N) is 2. The van der Waals surface area contributed by atoms with Gasteiger partial charge in [0.2, 0.25) is 0 Å². The van der Waals surface area contributed by atoms with Crippen molar-refractivity contribution in [3.63, 3.8) is 0 Å². The molecule has 0 bridgehead atoms. The van der Waals surface area contributed by atoms with Crippen molar-refractivity contribution in [1.82, 2.24) is 4.98 Å². The Hall–Kier alpha value is -3.46. The summed E-state index contributed by atoms with van der Waals surface area (Å²) in [7, 11) is 2.13. The molecule has 0 fully saturated rings. The highest BCUT2D eigenvalue weighted by molar-refractivity contribution is 6.15. The lowest BCUT2D eigenvalue weighted by atomic mass is 9.80. The molecule has 1 aliphatic heterocycles. The predicted octanol–water partition coefficient (Wildman–Crippen LogP) is 10.2. The van der Waals surface area contributed by atoms with Crippen molar-refractivity contribution in [2.24, 2.45) is 23.3 Å². The molecular weight excluding hydrogens is 512 g/mol. The number of aromatic nitrogens is 2. The van der Waals surface area contributed by atoms with Crippen LogP contribution in [-0.2, 0) is 26.3 Å². The maximum absolute atomic E-state index is 7.12. The maximum Gasteiger partial charge on any atom is 0.287 e. The Kier molecular flexibility index (Phi) is 6.50. The van der Waals surface area contributed by atoms with Crippen molar-refractivity contribution < 1.29 is 9.30 Å². The summed E-state index contributed by atoms with van der Waals surface area (Å²) in [6.45, 7) is 23.1. The lowest BCUT2D eigenvalue weighted by molar-refractivity contribution is -0.662. The van der Waals surface area contributed by atoms with E-state index in [-0.39, 0.29) is 16.2 Å². The Morgan fingerprint density at radius 1 is 0.738 bits per heavy atom. The Morgan fingerprint density at radius 2 is 1.43 bits per heavy atom. The van der Waals surface area contributed by atoms with Gasteiger partial charge >= 0.3 is 0 Å². The molecule has 3 heteroatoms. The quantitative estimate of drug-likeness (QED) is 0.159. The van der Waals surface area contributed by atoms with Gasteiger partial charge in [0, 0.05) is 10.9 Å². The Bertz CT molecular complexity index is 1890. The number of ether oxygens (including phenoxy) is 1. The fourth-order valence-electron chi connectivity index (χ4n) is 6.97. The fourth-order valence-corrected chi connectivity index (χ4v) is 6.97. The lowest BCUT2D eigenvalue weighted by Gasteiger charge is -2.29. The highest BCUT2D eigenvalue weighted by Gasteiger charge is 2.34. The van der Waals surface area contributed by atoms with Crippen LogP contribution in [0.15, 0.2) is 48.8 Å². The Morgan fingerprint density at radius 3 is 2.10 bits per heavy atom. The van der Waals surface area contributed by atoms with Gasteiger partial charge in [-0.15, -0.1) is 0 Å².